The number of ether oxygens (including phenoxy) is 1. The van der Waals surface area contributed by atoms with Crippen LogP contribution in [0.15, 0.2) is 0 Å². The van der Waals surface area contributed by atoms with Crippen molar-refractivity contribution in [2.75, 3.05) is 12.4 Å². The summed E-state index contributed by atoms with van der Waals surface area (Å²) < 4.78 is 5.48. The van der Waals surface area contributed by atoms with Crippen molar-refractivity contribution in [3.05, 3.63) is 0 Å². The number of hydrogen-bond donors (Lipinski definition) is 0. The standard InChI is InChI=1S/C20H27NO4S/c1-19-3-2-17(23)21(19)15(11-26-19)18(24)25-10-16(22)20-7-12-4-13(8-20)6-14(5-12)9-20/h12-15H,2-11H2,1H3/t12?,13?,14?,15-,19-,20?/m1/s1. The Balaban J connectivity index is 1.23. The average Bonchev–Trinajstić information content (AvgIpc) is 3.07. The molecule has 4 bridgehead atoms. The number of amides is 1. The topological polar surface area (TPSA) is 63.7 Å². The van der Waals surface area contributed by atoms with E-state index in [0.29, 0.717) is 29.9 Å². The fourth-order valence-electron chi connectivity index (χ4n) is 6.83. The molecule has 6 heteroatoms. The predicted octanol–water partition coefficient (Wildman–Crippen LogP) is 2.77. The van der Waals surface area contributed by atoms with E-state index in [1.165, 1.54) is 19.3 Å². The highest BCUT2D eigenvalue weighted by Gasteiger charge is 2.56. The zero-order valence-corrected chi connectivity index (χ0v) is 16.2. The van der Waals surface area contributed by atoms with E-state index in [4.69, 9.17) is 4.74 Å². The second-order valence-corrected chi connectivity index (χ2v) is 11.0. The van der Waals surface area contributed by atoms with Crippen LogP contribution in [0.3, 0.4) is 0 Å². The smallest absolute Gasteiger partial charge is 0.330 e. The molecule has 0 aromatic heterocycles. The maximum Gasteiger partial charge on any atom is 0.330 e. The lowest BCUT2D eigenvalue weighted by Gasteiger charge is -2.55. The molecule has 5 nitrogen and oxygen atoms in total. The van der Waals surface area contributed by atoms with Gasteiger partial charge in [0.15, 0.2) is 12.4 Å². The molecule has 6 fully saturated rings. The molecule has 2 atom stereocenters. The third-order valence-corrected chi connectivity index (χ3v) is 9.20. The number of ketones is 1. The number of esters is 1. The van der Waals surface area contributed by atoms with Crippen LogP contribution < -0.4 is 0 Å². The van der Waals surface area contributed by atoms with Gasteiger partial charge in [0, 0.05) is 17.6 Å². The zero-order chi connectivity index (χ0) is 18.1. The van der Waals surface area contributed by atoms with E-state index < -0.39 is 12.0 Å². The average molecular weight is 378 g/mol. The Bertz CT molecular complexity index is 641. The molecule has 2 aliphatic heterocycles. The van der Waals surface area contributed by atoms with Crippen molar-refractivity contribution in [3.8, 4) is 0 Å². The molecule has 26 heavy (non-hydrogen) atoms. The maximum atomic E-state index is 13.0. The van der Waals surface area contributed by atoms with Gasteiger partial charge in [0.25, 0.3) is 0 Å². The predicted molar refractivity (Wildman–Crippen MR) is 97.3 cm³/mol. The lowest BCUT2D eigenvalue weighted by molar-refractivity contribution is -0.162. The van der Waals surface area contributed by atoms with E-state index in [1.807, 2.05) is 6.92 Å². The van der Waals surface area contributed by atoms with Crippen molar-refractivity contribution < 1.29 is 19.1 Å². The molecule has 6 rings (SSSR count). The number of Topliss-reactive ketones (excluding diaryl/α,β-unsaturated/α-hetero) is 1. The molecule has 4 saturated carbocycles. The number of rotatable bonds is 4. The van der Waals surface area contributed by atoms with Crippen LogP contribution in [0.5, 0.6) is 0 Å². The summed E-state index contributed by atoms with van der Waals surface area (Å²) in [6.07, 6.45) is 8.15. The number of carbonyl (C=O) groups is 3. The van der Waals surface area contributed by atoms with E-state index in [2.05, 4.69) is 0 Å². The Morgan fingerprint density at radius 3 is 2.38 bits per heavy atom. The molecular formula is C20H27NO4S. The van der Waals surface area contributed by atoms with Crippen molar-refractivity contribution >= 4 is 29.4 Å². The molecule has 0 aromatic rings. The van der Waals surface area contributed by atoms with E-state index >= 15 is 0 Å². The highest BCUT2D eigenvalue weighted by atomic mass is 32.2. The summed E-state index contributed by atoms with van der Waals surface area (Å²) in [5.41, 5.74) is -0.225. The highest BCUT2D eigenvalue weighted by Crippen LogP contribution is 2.60. The Labute approximate surface area is 158 Å². The molecule has 0 radical (unpaired) electrons. The van der Waals surface area contributed by atoms with Gasteiger partial charge < -0.3 is 9.64 Å². The summed E-state index contributed by atoms with van der Waals surface area (Å²) in [5.74, 6) is 2.46. The molecule has 6 aliphatic rings. The fourth-order valence-corrected chi connectivity index (χ4v) is 8.25. The van der Waals surface area contributed by atoms with Gasteiger partial charge in [0.05, 0.1) is 4.87 Å². The van der Waals surface area contributed by atoms with Crippen LogP contribution in [-0.2, 0) is 19.1 Å². The molecule has 0 N–H and O–H groups in total. The summed E-state index contributed by atoms with van der Waals surface area (Å²) >= 11 is 1.66. The van der Waals surface area contributed by atoms with Crippen molar-refractivity contribution in [2.45, 2.75) is 69.2 Å². The third kappa shape index (κ3) is 2.47. The number of hydrogen-bond acceptors (Lipinski definition) is 5. The zero-order valence-electron chi connectivity index (χ0n) is 15.4. The van der Waals surface area contributed by atoms with Gasteiger partial charge in [-0.15, -0.1) is 11.8 Å². The lowest BCUT2D eigenvalue weighted by atomic mass is 9.48. The van der Waals surface area contributed by atoms with Gasteiger partial charge in [-0.2, -0.15) is 0 Å². The van der Waals surface area contributed by atoms with Gasteiger partial charge in [0.1, 0.15) is 6.04 Å². The monoisotopic (exact) mass is 377 g/mol. The normalized spacial score (nSPS) is 45.9. The third-order valence-electron chi connectivity index (χ3n) is 7.69. The number of thioether (sulfide) groups is 1. The van der Waals surface area contributed by atoms with Crippen molar-refractivity contribution in [3.63, 3.8) is 0 Å². The van der Waals surface area contributed by atoms with E-state index in [9.17, 15) is 14.4 Å². The first kappa shape index (κ1) is 17.1. The van der Waals surface area contributed by atoms with Gasteiger partial charge in [-0.1, -0.05) is 0 Å². The minimum Gasteiger partial charge on any atom is -0.456 e. The van der Waals surface area contributed by atoms with E-state index in [-0.39, 0.29) is 28.6 Å². The molecule has 1 amide bonds. The number of fused-ring (bicyclic) bond motifs is 1. The van der Waals surface area contributed by atoms with Crippen LogP contribution >= 0.6 is 11.8 Å². The van der Waals surface area contributed by atoms with Gasteiger partial charge in [-0.25, -0.2) is 4.79 Å². The van der Waals surface area contributed by atoms with Gasteiger partial charge in [-0.3, -0.25) is 9.59 Å². The van der Waals surface area contributed by atoms with Crippen LogP contribution in [0, 0.1) is 23.2 Å². The molecule has 0 unspecified atom stereocenters. The Morgan fingerprint density at radius 1 is 1.15 bits per heavy atom. The maximum absolute atomic E-state index is 13.0. The molecule has 2 saturated heterocycles. The SMILES string of the molecule is C[C@@]12CCC(=O)N1[C@@H](C(=O)OCC(=O)C13CC4CC(CC(C4)C1)C3)CS2. The lowest BCUT2D eigenvalue weighted by Crippen LogP contribution is -2.51. The summed E-state index contributed by atoms with van der Waals surface area (Å²) in [4.78, 5) is 39.2. The van der Waals surface area contributed by atoms with Crippen molar-refractivity contribution in [1.82, 2.24) is 4.90 Å². The first-order valence-electron chi connectivity index (χ1n) is 10.0. The minimum absolute atomic E-state index is 0.0341. The van der Waals surface area contributed by atoms with Gasteiger partial charge in [-0.05, 0) is 69.6 Å². The Morgan fingerprint density at radius 2 is 1.77 bits per heavy atom. The first-order chi connectivity index (χ1) is 12.4. The molecule has 0 spiro atoms. The summed E-state index contributed by atoms with van der Waals surface area (Å²) in [7, 11) is 0. The second-order valence-electron chi connectivity index (χ2n) is 9.49. The first-order valence-corrected chi connectivity index (χ1v) is 11.0. The minimum atomic E-state index is -0.524. The molecule has 0 aromatic carbocycles. The van der Waals surface area contributed by atoms with Gasteiger partial charge in [0.2, 0.25) is 5.91 Å². The van der Waals surface area contributed by atoms with Crippen LogP contribution in [0.2, 0.25) is 0 Å². The van der Waals surface area contributed by atoms with Crippen LogP contribution in [0.1, 0.15) is 58.3 Å². The van der Waals surface area contributed by atoms with Crippen LogP contribution in [0.4, 0.5) is 0 Å². The van der Waals surface area contributed by atoms with Crippen molar-refractivity contribution in [1.29, 1.82) is 0 Å². The summed E-state index contributed by atoms with van der Waals surface area (Å²) in [5, 5.41) is 0. The Kier molecular flexibility index (Phi) is 3.76. The molecule has 142 valence electrons. The summed E-state index contributed by atoms with van der Waals surface area (Å²) in [6, 6.07) is -0.524. The van der Waals surface area contributed by atoms with E-state index in [1.54, 1.807) is 16.7 Å². The largest absolute Gasteiger partial charge is 0.456 e. The number of nitrogens with zero attached hydrogens (tertiary/aromatic N) is 1. The van der Waals surface area contributed by atoms with Crippen molar-refractivity contribution in [2.24, 2.45) is 23.2 Å². The molecule has 2 heterocycles. The summed E-state index contributed by atoms with van der Waals surface area (Å²) in [6.45, 7) is 1.92. The quantitative estimate of drug-likeness (QED) is 0.705. The van der Waals surface area contributed by atoms with Gasteiger partial charge >= 0.3 is 5.97 Å². The molecule has 4 aliphatic carbocycles. The number of carbonyl (C=O) groups excluding carboxylic acids is 3. The highest BCUT2D eigenvalue weighted by molar-refractivity contribution is 8.01. The van der Waals surface area contributed by atoms with Crippen LogP contribution in [-0.4, -0.2) is 45.8 Å². The second kappa shape index (κ2) is 5.73. The molecular weight excluding hydrogens is 350 g/mol. The van der Waals surface area contributed by atoms with E-state index in [0.717, 1.165) is 25.7 Å². The van der Waals surface area contributed by atoms with Crippen LogP contribution in [0.25, 0.3) is 0 Å². The Hall–Kier alpha value is -1.04. The fraction of sp³-hybridized carbons (Fsp3) is 0.850.